The summed E-state index contributed by atoms with van der Waals surface area (Å²) >= 11 is 0. The summed E-state index contributed by atoms with van der Waals surface area (Å²) in [5, 5.41) is 12.2. The molecule has 0 aliphatic carbocycles. The molecule has 0 aromatic carbocycles. The molecule has 1 unspecified atom stereocenters. The highest BCUT2D eigenvalue weighted by Crippen LogP contribution is 2.17. The van der Waals surface area contributed by atoms with Crippen molar-refractivity contribution in [3.05, 3.63) is 0 Å². The maximum absolute atomic E-state index is 9.11. The van der Waals surface area contributed by atoms with Gasteiger partial charge in [0, 0.05) is 31.7 Å². The van der Waals surface area contributed by atoms with Crippen molar-refractivity contribution < 1.29 is 0 Å². The van der Waals surface area contributed by atoms with E-state index in [2.05, 4.69) is 42.0 Å². The van der Waals surface area contributed by atoms with Gasteiger partial charge in [0.25, 0.3) is 0 Å². The van der Waals surface area contributed by atoms with Gasteiger partial charge >= 0.3 is 0 Å². The zero-order valence-corrected chi connectivity index (χ0v) is 13.3. The van der Waals surface area contributed by atoms with Gasteiger partial charge in [-0.2, -0.15) is 5.26 Å². The molecule has 0 aromatic rings. The molecule has 0 bridgehead atoms. The van der Waals surface area contributed by atoms with E-state index < -0.39 is 0 Å². The van der Waals surface area contributed by atoms with E-state index in [9.17, 15) is 0 Å². The number of hydrogen-bond donors (Lipinski definition) is 1. The van der Waals surface area contributed by atoms with Crippen LogP contribution in [0.3, 0.4) is 0 Å². The zero-order valence-electron chi connectivity index (χ0n) is 13.3. The molecule has 1 aliphatic heterocycles. The first-order valence-corrected chi connectivity index (χ1v) is 7.38. The average molecular weight is 266 g/mol. The van der Waals surface area contributed by atoms with Gasteiger partial charge in [-0.25, -0.2) is 0 Å². The number of piperazine rings is 1. The third kappa shape index (κ3) is 5.10. The third-order valence-electron chi connectivity index (χ3n) is 4.27. The number of nitriles is 1. The van der Waals surface area contributed by atoms with Crippen molar-refractivity contribution in [2.75, 3.05) is 39.8 Å². The van der Waals surface area contributed by atoms with Gasteiger partial charge in [0.2, 0.25) is 0 Å². The van der Waals surface area contributed by atoms with E-state index in [0.717, 1.165) is 45.6 Å². The van der Waals surface area contributed by atoms with Gasteiger partial charge in [-0.3, -0.25) is 4.90 Å². The van der Waals surface area contributed by atoms with Gasteiger partial charge in [0.15, 0.2) is 0 Å². The number of rotatable bonds is 5. The van der Waals surface area contributed by atoms with Crippen LogP contribution in [0.15, 0.2) is 0 Å². The van der Waals surface area contributed by atoms with Crippen LogP contribution in [0.2, 0.25) is 0 Å². The van der Waals surface area contributed by atoms with Crippen LogP contribution in [0, 0.1) is 11.3 Å². The fourth-order valence-corrected chi connectivity index (χ4v) is 2.54. The van der Waals surface area contributed by atoms with E-state index in [1.54, 1.807) is 0 Å². The summed E-state index contributed by atoms with van der Waals surface area (Å²) in [5.74, 6) is 0. The van der Waals surface area contributed by atoms with E-state index in [4.69, 9.17) is 5.26 Å². The minimum atomic E-state index is -0.368. The van der Waals surface area contributed by atoms with E-state index in [-0.39, 0.29) is 11.1 Å². The van der Waals surface area contributed by atoms with Crippen molar-refractivity contribution in [2.24, 2.45) is 0 Å². The Morgan fingerprint density at radius 3 is 2.11 bits per heavy atom. The Balaban J connectivity index is 2.26. The number of nitrogens with one attached hydrogen (secondary N) is 1. The monoisotopic (exact) mass is 266 g/mol. The normalized spacial score (nSPS) is 21.9. The molecule has 19 heavy (non-hydrogen) atoms. The van der Waals surface area contributed by atoms with Crippen molar-refractivity contribution in [2.45, 2.75) is 51.6 Å². The highest BCUT2D eigenvalue weighted by atomic mass is 15.3. The van der Waals surface area contributed by atoms with Crippen LogP contribution < -0.4 is 5.32 Å². The third-order valence-corrected chi connectivity index (χ3v) is 4.27. The van der Waals surface area contributed by atoms with E-state index in [0.29, 0.717) is 0 Å². The lowest BCUT2D eigenvalue weighted by Gasteiger charge is -2.42. The Kier molecular flexibility index (Phi) is 5.79. The Hall–Kier alpha value is -0.630. The van der Waals surface area contributed by atoms with Crippen molar-refractivity contribution >= 4 is 0 Å². The SMILES string of the molecule is CNC(C)(C#N)CCCN1CCN(C(C)(C)C)CC1. The molecule has 0 radical (unpaired) electrons. The molecule has 1 N–H and O–H groups in total. The first-order chi connectivity index (χ1) is 8.80. The van der Waals surface area contributed by atoms with Crippen LogP contribution in [-0.2, 0) is 0 Å². The number of hydrogen-bond acceptors (Lipinski definition) is 4. The molecule has 110 valence electrons. The summed E-state index contributed by atoms with van der Waals surface area (Å²) in [6.45, 7) is 14.6. The molecule has 1 aliphatic rings. The first kappa shape index (κ1) is 16.4. The van der Waals surface area contributed by atoms with Crippen LogP contribution >= 0.6 is 0 Å². The van der Waals surface area contributed by atoms with Crippen molar-refractivity contribution in [3.63, 3.8) is 0 Å². The maximum atomic E-state index is 9.11. The van der Waals surface area contributed by atoms with Crippen LogP contribution in [0.4, 0.5) is 0 Å². The Labute approximate surface area is 118 Å². The van der Waals surface area contributed by atoms with Gasteiger partial charge < -0.3 is 10.2 Å². The molecule has 4 heteroatoms. The molecular formula is C15H30N4. The molecule has 0 saturated carbocycles. The second-order valence-corrected chi connectivity index (χ2v) is 6.80. The molecule has 0 spiro atoms. The number of nitrogens with zero attached hydrogens (tertiary/aromatic N) is 3. The molecule has 1 saturated heterocycles. The standard InChI is InChI=1S/C15H30N4/c1-14(2,3)19-11-9-18(10-12-19)8-6-7-15(4,13-16)17-5/h17H,6-12H2,1-5H3. The molecule has 1 atom stereocenters. The van der Waals surface area contributed by atoms with E-state index in [1.807, 2.05) is 14.0 Å². The van der Waals surface area contributed by atoms with Crippen LogP contribution in [0.1, 0.15) is 40.5 Å². The predicted molar refractivity (Wildman–Crippen MR) is 80.1 cm³/mol. The fraction of sp³-hybridized carbons (Fsp3) is 0.933. The Morgan fingerprint density at radius 2 is 1.68 bits per heavy atom. The first-order valence-electron chi connectivity index (χ1n) is 7.38. The quantitative estimate of drug-likeness (QED) is 0.822. The van der Waals surface area contributed by atoms with Gasteiger partial charge in [0.05, 0.1) is 6.07 Å². The molecule has 1 rings (SSSR count). The minimum absolute atomic E-state index is 0.289. The second-order valence-electron chi connectivity index (χ2n) is 6.80. The smallest absolute Gasteiger partial charge is 0.103 e. The summed E-state index contributed by atoms with van der Waals surface area (Å²) in [4.78, 5) is 5.08. The lowest BCUT2D eigenvalue weighted by molar-refractivity contribution is 0.0611. The summed E-state index contributed by atoms with van der Waals surface area (Å²) in [7, 11) is 1.87. The maximum Gasteiger partial charge on any atom is 0.103 e. The second kappa shape index (κ2) is 6.69. The lowest BCUT2D eigenvalue weighted by Crippen LogP contribution is -2.53. The Bertz CT molecular complexity index is 307. The average Bonchev–Trinajstić information content (AvgIpc) is 2.38. The fourth-order valence-electron chi connectivity index (χ4n) is 2.54. The molecule has 0 amide bonds. The Morgan fingerprint density at radius 1 is 1.11 bits per heavy atom. The summed E-state index contributed by atoms with van der Waals surface area (Å²) < 4.78 is 0. The van der Waals surface area contributed by atoms with Crippen molar-refractivity contribution in [1.82, 2.24) is 15.1 Å². The van der Waals surface area contributed by atoms with Crippen LogP contribution in [0.25, 0.3) is 0 Å². The van der Waals surface area contributed by atoms with E-state index in [1.165, 1.54) is 0 Å². The molecule has 1 heterocycles. The van der Waals surface area contributed by atoms with Crippen LogP contribution in [-0.4, -0.2) is 60.6 Å². The van der Waals surface area contributed by atoms with Crippen molar-refractivity contribution in [3.8, 4) is 6.07 Å². The van der Waals surface area contributed by atoms with Crippen LogP contribution in [0.5, 0.6) is 0 Å². The molecule has 0 aromatic heterocycles. The summed E-state index contributed by atoms with van der Waals surface area (Å²) in [5.41, 5.74) is -0.0785. The lowest BCUT2D eigenvalue weighted by atomic mass is 9.98. The largest absolute Gasteiger partial charge is 0.303 e. The van der Waals surface area contributed by atoms with Gasteiger partial charge in [-0.05, 0) is 54.1 Å². The predicted octanol–water partition coefficient (Wildman–Crippen LogP) is 1.68. The molecule has 4 nitrogen and oxygen atoms in total. The molecular weight excluding hydrogens is 236 g/mol. The zero-order chi connectivity index (χ0) is 14.5. The summed E-state index contributed by atoms with van der Waals surface area (Å²) in [6, 6.07) is 2.35. The highest BCUT2D eigenvalue weighted by molar-refractivity contribution is 5.02. The highest BCUT2D eigenvalue weighted by Gasteiger charge is 2.26. The van der Waals surface area contributed by atoms with Gasteiger partial charge in [-0.1, -0.05) is 0 Å². The molecule has 1 fully saturated rings. The van der Waals surface area contributed by atoms with E-state index >= 15 is 0 Å². The minimum Gasteiger partial charge on any atom is -0.303 e. The van der Waals surface area contributed by atoms with Gasteiger partial charge in [-0.15, -0.1) is 0 Å². The van der Waals surface area contributed by atoms with Gasteiger partial charge in [0.1, 0.15) is 5.54 Å². The summed E-state index contributed by atoms with van der Waals surface area (Å²) in [6.07, 6.45) is 2.00. The van der Waals surface area contributed by atoms with Crippen molar-refractivity contribution in [1.29, 1.82) is 5.26 Å². The topological polar surface area (TPSA) is 42.3 Å².